The molecule has 1 aliphatic carbocycles. The second-order valence-corrected chi connectivity index (χ2v) is 6.53. The summed E-state index contributed by atoms with van der Waals surface area (Å²) < 4.78 is 8.23. The van der Waals surface area contributed by atoms with Crippen LogP contribution in [0.2, 0.25) is 0 Å². The van der Waals surface area contributed by atoms with E-state index >= 15 is 0 Å². The molecule has 5 rings (SSSR count). The van der Waals surface area contributed by atoms with Gasteiger partial charge in [0.15, 0.2) is 0 Å². The molecular formula is C21H18N2O. The van der Waals surface area contributed by atoms with Gasteiger partial charge in [-0.2, -0.15) is 0 Å². The third-order valence-corrected chi connectivity index (χ3v) is 4.82. The molecule has 0 atom stereocenters. The topological polar surface area (TPSA) is 31.0 Å². The molecule has 0 saturated carbocycles. The number of furan rings is 1. The van der Waals surface area contributed by atoms with Crippen LogP contribution in [-0.4, -0.2) is 9.55 Å². The molecule has 0 spiro atoms. The maximum atomic E-state index is 5.98. The number of imidazole rings is 1. The summed E-state index contributed by atoms with van der Waals surface area (Å²) in [5, 5.41) is 4.65. The molecule has 2 aromatic heterocycles. The Hall–Kier alpha value is -2.81. The highest BCUT2D eigenvalue weighted by Crippen LogP contribution is 2.30. The summed E-state index contributed by atoms with van der Waals surface area (Å²) in [4.78, 5) is 4.72. The summed E-state index contributed by atoms with van der Waals surface area (Å²) in [5.41, 5.74) is 4.26. The Balaban J connectivity index is 1.84. The third-order valence-electron chi connectivity index (χ3n) is 4.82. The zero-order valence-electron chi connectivity index (χ0n) is 13.8. The largest absolute Gasteiger partial charge is 0.456 e. The summed E-state index contributed by atoms with van der Waals surface area (Å²) in [5.74, 6) is 1.03. The Morgan fingerprint density at radius 1 is 0.917 bits per heavy atom. The lowest BCUT2D eigenvalue weighted by atomic mass is 10.1. The zero-order chi connectivity index (χ0) is 16.3. The molecule has 1 aliphatic rings. The molecule has 0 bridgehead atoms. The lowest BCUT2D eigenvalue weighted by Crippen LogP contribution is -2.31. The van der Waals surface area contributed by atoms with Crippen molar-refractivity contribution in [1.29, 1.82) is 0 Å². The van der Waals surface area contributed by atoms with Crippen LogP contribution in [0.15, 0.2) is 40.8 Å². The predicted molar refractivity (Wildman–Crippen MR) is 97.7 cm³/mol. The molecule has 3 nitrogen and oxygen atoms in total. The highest BCUT2D eigenvalue weighted by atomic mass is 16.3. The number of hydrogen-bond donors (Lipinski definition) is 0. The van der Waals surface area contributed by atoms with E-state index in [1.165, 1.54) is 16.3 Å². The number of aromatic nitrogens is 2. The van der Waals surface area contributed by atoms with Gasteiger partial charge in [-0.1, -0.05) is 23.8 Å². The second kappa shape index (κ2) is 4.84. The first kappa shape index (κ1) is 13.6. The van der Waals surface area contributed by atoms with E-state index in [9.17, 15) is 0 Å². The molecule has 0 aliphatic heterocycles. The summed E-state index contributed by atoms with van der Waals surface area (Å²) in [6.07, 6.45) is 6.67. The van der Waals surface area contributed by atoms with E-state index < -0.39 is 0 Å². The first-order valence-corrected chi connectivity index (χ1v) is 8.40. The summed E-state index contributed by atoms with van der Waals surface area (Å²) in [6.45, 7) is 4.19. The van der Waals surface area contributed by atoms with E-state index in [0.717, 1.165) is 46.3 Å². The molecule has 0 unspecified atom stereocenters. The smallest absolute Gasteiger partial charge is 0.135 e. The van der Waals surface area contributed by atoms with Crippen molar-refractivity contribution < 1.29 is 4.42 Å². The van der Waals surface area contributed by atoms with Crippen molar-refractivity contribution in [3.05, 3.63) is 58.5 Å². The molecule has 0 amide bonds. The zero-order valence-corrected chi connectivity index (χ0v) is 13.8. The molecule has 24 heavy (non-hydrogen) atoms. The van der Waals surface area contributed by atoms with Crippen LogP contribution in [0.3, 0.4) is 0 Å². The molecule has 3 heteroatoms. The molecule has 0 N–H and O–H groups in total. The van der Waals surface area contributed by atoms with Gasteiger partial charge in [0.2, 0.25) is 0 Å². The number of hydrogen-bond acceptors (Lipinski definition) is 2. The van der Waals surface area contributed by atoms with Crippen LogP contribution in [-0.2, 0) is 0 Å². The van der Waals surface area contributed by atoms with Crippen molar-refractivity contribution in [1.82, 2.24) is 9.55 Å². The molecule has 118 valence electrons. The van der Waals surface area contributed by atoms with Gasteiger partial charge in [0.25, 0.3) is 0 Å². The van der Waals surface area contributed by atoms with E-state index in [1.54, 1.807) is 0 Å². The van der Waals surface area contributed by atoms with E-state index in [4.69, 9.17) is 9.40 Å². The van der Waals surface area contributed by atoms with Gasteiger partial charge in [-0.15, -0.1) is 0 Å². The van der Waals surface area contributed by atoms with Gasteiger partial charge in [-0.25, -0.2) is 4.98 Å². The van der Waals surface area contributed by atoms with Crippen LogP contribution in [0.5, 0.6) is 0 Å². The summed E-state index contributed by atoms with van der Waals surface area (Å²) in [7, 11) is 0. The minimum absolute atomic E-state index is 0.932. The van der Waals surface area contributed by atoms with Crippen LogP contribution in [0.4, 0.5) is 0 Å². The highest BCUT2D eigenvalue weighted by Gasteiger charge is 2.12. The second-order valence-electron chi connectivity index (χ2n) is 6.53. The number of nitrogens with zero attached hydrogens (tertiary/aromatic N) is 2. The van der Waals surface area contributed by atoms with Crippen molar-refractivity contribution >= 4 is 34.1 Å². The fourth-order valence-electron chi connectivity index (χ4n) is 3.70. The molecule has 0 saturated heterocycles. The van der Waals surface area contributed by atoms with Crippen molar-refractivity contribution in [3.63, 3.8) is 0 Å². The average Bonchev–Trinajstić information content (AvgIpc) is 3.10. The Morgan fingerprint density at radius 3 is 2.54 bits per heavy atom. The fraction of sp³-hybridized carbons (Fsp3) is 0.190. The first-order chi connectivity index (χ1) is 11.7. The number of fused-ring (bicyclic) bond motifs is 4. The molecule has 4 aromatic rings. The first-order valence-electron chi connectivity index (χ1n) is 8.40. The van der Waals surface area contributed by atoms with Gasteiger partial charge in [0, 0.05) is 16.5 Å². The number of rotatable bonds is 1. The van der Waals surface area contributed by atoms with Crippen LogP contribution in [0.1, 0.15) is 24.2 Å². The van der Waals surface area contributed by atoms with Gasteiger partial charge >= 0.3 is 0 Å². The van der Waals surface area contributed by atoms with Crippen LogP contribution in [0.25, 0.3) is 39.8 Å². The van der Waals surface area contributed by atoms with Crippen molar-refractivity contribution in [3.8, 4) is 5.69 Å². The van der Waals surface area contributed by atoms with E-state index in [2.05, 4.69) is 67.0 Å². The van der Waals surface area contributed by atoms with Crippen molar-refractivity contribution in [2.24, 2.45) is 0 Å². The number of benzene rings is 2. The molecule has 2 aromatic carbocycles. The maximum absolute atomic E-state index is 5.98. The van der Waals surface area contributed by atoms with Gasteiger partial charge in [0.1, 0.15) is 17.0 Å². The highest BCUT2D eigenvalue weighted by molar-refractivity contribution is 6.05. The van der Waals surface area contributed by atoms with Crippen LogP contribution < -0.4 is 10.7 Å². The van der Waals surface area contributed by atoms with Crippen LogP contribution in [0, 0.1) is 13.8 Å². The van der Waals surface area contributed by atoms with E-state index in [0.29, 0.717) is 0 Å². The van der Waals surface area contributed by atoms with Gasteiger partial charge in [-0.05, 0) is 57.0 Å². The predicted octanol–water partition coefficient (Wildman–Crippen LogP) is 3.74. The Morgan fingerprint density at radius 2 is 1.67 bits per heavy atom. The van der Waals surface area contributed by atoms with Crippen molar-refractivity contribution in [2.45, 2.75) is 26.7 Å². The van der Waals surface area contributed by atoms with Gasteiger partial charge < -0.3 is 4.42 Å². The van der Waals surface area contributed by atoms with E-state index in [-0.39, 0.29) is 0 Å². The van der Waals surface area contributed by atoms with Crippen molar-refractivity contribution in [2.75, 3.05) is 0 Å². The molecule has 2 heterocycles. The molecule has 0 fully saturated rings. The van der Waals surface area contributed by atoms with Gasteiger partial charge in [-0.3, -0.25) is 4.57 Å². The SMILES string of the molecule is Cc1ccc2oc3ccc(-n4c(C)nc5c4=CCCC=5)cc3c2c1. The average molecular weight is 314 g/mol. The van der Waals surface area contributed by atoms with E-state index in [1.807, 2.05) is 0 Å². The van der Waals surface area contributed by atoms with Gasteiger partial charge in [0.05, 0.1) is 10.7 Å². The lowest BCUT2D eigenvalue weighted by Gasteiger charge is -2.07. The summed E-state index contributed by atoms with van der Waals surface area (Å²) in [6, 6.07) is 12.7. The monoisotopic (exact) mass is 314 g/mol. The standard InChI is InChI=1S/C21H18N2O/c1-13-7-9-20-16(11-13)17-12-15(8-10-21(17)24-20)23-14(2)22-18-5-3-4-6-19(18)23/h5-12H,3-4H2,1-2H3. The Bertz CT molecular complexity index is 1220. The molecule has 0 radical (unpaired) electrons. The normalized spacial score (nSPS) is 13.8. The lowest BCUT2D eigenvalue weighted by molar-refractivity contribution is 0.668. The van der Waals surface area contributed by atoms with Crippen LogP contribution >= 0.6 is 0 Å². The quantitative estimate of drug-likeness (QED) is 0.536. The third kappa shape index (κ3) is 1.88. The molecular weight excluding hydrogens is 296 g/mol. The summed E-state index contributed by atoms with van der Waals surface area (Å²) >= 11 is 0. The maximum Gasteiger partial charge on any atom is 0.135 e. The Labute approximate surface area is 139 Å². The Kier molecular flexibility index (Phi) is 2.75. The minimum atomic E-state index is 0.932. The minimum Gasteiger partial charge on any atom is -0.456 e. The number of aryl methyl sites for hydroxylation is 2. The fourth-order valence-corrected chi connectivity index (χ4v) is 3.70.